The number of benzene rings is 2. The molecule has 0 spiro atoms. The van der Waals surface area contributed by atoms with Crippen LogP contribution in [0.3, 0.4) is 0 Å². The van der Waals surface area contributed by atoms with E-state index < -0.39 is 0 Å². The van der Waals surface area contributed by atoms with Crippen LogP contribution in [0.1, 0.15) is 0 Å². The molecule has 2 aromatic carbocycles. The standard InChI is InChI=1S/C18H24N2S2/c1-19(17-9-5-3-6-10-17)13-15-21-22-16-14-20(2)18-11-7-4-8-12-18/h3-12H,13-16H2,1-2H3. The van der Waals surface area contributed by atoms with Crippen LogP contribution in [-0.4, -0.2) is 38.7 Å². The Kier molecular flexibility index (Phi) is 7.54. The van der Waals surface area contributed by atoms with Crippen LogP contribution in [0.2, 0.25) is 0 Å². The van der Waals surface area contributed by atoms with E-state index in [-0.39, 0.29) is 0 Å². The Hall–Kier alpha value is -1.26. The fraction of sp³-hybridized carbons (Fsp3) is 0.333. The van der Waals surface area contributed by atoms with Crippen LogP contribution in [0.25, 0.3) is 0 Å². The molecular weight excluding hydrogens is 308 g/mol. The van der Waals surface area contributed by atoms with Gasteiger partial charge in [-0.3, -0.25) is 0 Å². The summed E-state index contributed by atoms with van der Waals surface area (Å²) in [4.78, 5) is 4.62. The predicted molar refractivity (Wildman–Crippen MR) is 104 cm³/mol. The van der Waals surface area contributed by atoms with Gasteiger partial charge in [0.15, 0.2) is 0 Å². The Balaban J connectivity index is 1.56. The molecule has 2 rings (SSSR count). The van der Waals surface area contributed by atoms with Gasteiger partial charge in [-0.25, -0.2) is 0 Å². The van der Waals surface area contributed by atoms with Crippen molar-refractivity contribution < 1.29 is 0 Å². The van der Waals surface area contributed by atoms with Crippen molar-refractivity contribution in [1.82, 2.24) is 0 Å². The van der Waals surface area contributed by atoms with Crippen LogP contribution >= 0.6 is 21.6 Å². The molecule has 0 aliphatic rings. The van der Waals surface area contributed by atoms with E-state index in [1.165, 1.54) is 11.4 Å². The van der Waals surface area contributed by atoms with E-state index >= 15 is 0 Å². The number of hydrogen-bond acceptors (Lipinski definition) is 4. The molecule has 0 radical (unpaired) electrons. The lowest BCUT2D eigenvalue weighted by Crippen LogP contribution is -2.20. The van der Waals surface area contributed by atoms with Gasteiger partial charge in [-0.2, -0.15) is 0 Å². The monoisotopic (exact) mass is 332 g/mol. The maximum Gasteiger partial charge on any atom is 0.0363 e. The smallest absolute Gasteiger partial charge is 0.0363 e. The van der Waals surface area contributed by atoms with Crippen molar-refractivity contribution in [3.63, 3.8) is 0 Å². The minimum Gasteiger partial charge on any atom is -0.374 e. The number of para-hydroxylation sites is 2. The number of anilines is 2. The summed E-state index contributed by atoms with van der Waals surface area (Å²) >= 11 is 0. The molecule has 0 aliphatic heterocycles. The summed E-state index contributed by atoms with van der Waals surface area (Å²) in [6.45, 7) is 2.16. The number of hydrogen-bond donors (Lipinski definition) is 0. The average Bonchev–Trinajstić information content (AvgIpc) is 2.59. The Bertz CT molecular complexity index is 470. The minimum atomic E-state index is 1.08. The Morgan fingerprint density at radius 3 is 1.36 bits per heavy atom. The first-order valence-electron chi connectivity index (χ1n) is 7.54. The zero-order chi connectivity index (χ0) is 15.6. The van der Waals surface area contributed by atoms with E-state index in [1.807, 2.05) is 21.6 Å². The maximum absolute atomic E-state index is 2.31. The molecule has 0 N–H and O–H groups in total. The molecule has 0 aromatic heterocycles. The number of nitrogens with zero attached hydrogens (tertiary/aromatic N) is 2. The summed E-state index contributed by atoms with van der Waals surface area (Å²) in [5.74, 6) is 2.29. The van der Waals surface area contributed by atoms with Gasteiger partial charge in [0.1, 0.15) is 0 Å². The van der Waals surface area contributed by atoms with Crippen LogP contribution in [0, 0.1) is 0 Å². The molecule has 4 heteroatoms. The highest BCUT2D eigenvalue weighted by Gasteiger charge is 2.01. The van der Waals surface area contributed by atoms with Gasteiger partial charge in [0.05, 0.1) is 0 Å². The summed E-state index contributed by atoms with van der Waals surface area (Å²) in [6, 6.07) is 21.1. The van der Waals surface area contributed by atoms with Crippen LogP contribution in [0.15, 0.2) is 60.7 Å². The summed E-state index contributed by atoms with van der Waals surface area (Å²) in [5.41, 5.74) is 2.58. The molecule has 0 unspecified atom stereocenters. The molecule has 0 heterocycles. The van der Waals surface area contributed by atoms with Crippen molar-refractivity contribution >= 4 is 33.0 Å². The van der Waals surface area contributed by atoms with Gasteiger partial charge < -0.3 is 9.80 Å². The largest absolute Gasteiger partial charge is 0.374 e. The zero-order valence-electron chi connectivity index (χ0n) is 13.3. The van der Waals surface area contributed by atoms with Gasteiger partial charge in [0.2, 0.25) is 0 Å². The lowest BCUT2D eigenvalue weighted by Gasteiger charge is -2.20. The van der Waals surface area contributed by atoms with Gasteiger partial charge in [-0.05, 0) is 24.3 Å². The molecule has 2 aromatic rings. The topological polar surface area (TPSA) is 6.48 Å². The van der Waals surface area contributed by atoms with Gasteiger partial charge in [-0.1, -0.05) is 58.0 Å². The van der Waals surface area contributed by atoms with Gasteiger partial charge in [0.25, 0.3) is 0 Å². The summed E-state index contributed by atoms with van der Waals surface area (Å²) in [7, 11) is 8.24. The van der Waals surface area contributed by atoms with E-state index in [1.54, 1.807) is 0 Å². The van der Waals surface area contributed by atoms with Gasteiger partial charge in [-0.15, -0.1) is 0 Å². The molecule has 2 nitrogen and oxygen atoms in total. The van der Waals surface area contributed by atoms with E-state index in [2.05, 4.69) is 84.6 Å². The highest BCUT2D eigenvalue weighted by Crippen LogP contribution is 2.22. The fourth-order valence-electron chi connectivity index (χ4n) is 2.09. The highest BCUT2D eigenvalue weighted by atomic mass is 33.1. The second-order valence-corrected chi connectivity index (χ2v) is 7.86. The molecule has 0 saturated heterocycles. The normalized spacial score (nSPS) is 10.5. The first-order valence-corrected chi connectivity index (χ1v) is 10.0. The molecule has 0 fully saturated rings. The van der Waals surface area contributed by atoms with Crippen molar-refractivity contribution in [3.05, 3.63) is 60.7 Å². The molecule has 0 amide bonds. The summed E-state index contributed by atoms with van der Waals surface area (Å²) in [5, 5.41) is 0. The van der Waals surface area contributed by atoms with E-state index in [4.69, 9.17) is 0 Å². The summed E-state index contributed by atoms with van der Waals surface area (Å²) < 4.78 is 0. The first kappa shape index (κ1) is 17.1. The Morgan fingerprint density at radius 1 is 0.636 bits per heavy atom. The van der Waals surface area contributed by atoms with E-state index in [9.17, 15) is 0 Å². The summed E-state index contributed by atoms with van der Waals surface area (Å²) in [6.07, 6.45) is 0. The van der Waals surface area contributed by atoms with E-state index in [0.29, 0.717) is 0 Å². The lowest BCUT2D eigenvalue weighted by molar-refractivity contribution is 0.977. The second kappa shape index (κ2) is 9.70. The van der Waals surface area contributed by atoms with Crippen LogP contribution in [-0.2, 0) is 0 Å². The predicted octanol–water partition coefficient (Wildman–Crippen LogP) is 4.64. The first-order chi connectivity index (χ1) is 10.8. The lowest BCUT2D eigenvalue weighted by atomic mass is 10.3. The van der Waals surface area contributed by atoms with Gasteiger partial charge in [0, 0.05) is 50.1 Å². The quantitative estimate of drug-likeness (QED) is 0.487. The third-order valence-corrected chi connectivity index (χ3v) is 5.86. The average molecular weight is 333 g/mol. The fourth-order valence-corrected chi connectivity index (χ4v) is 4.18. The number of rotatable bonds is 9. The van der Waals surface area contributed by atoms with Crippen LogP contribution in [0.5, 0.6) is 0 Å². The van der Waals surface area contributed by atoms with Crippen LogP contribution in [0.4, 0.5) is 11.4 Å². The maximum atomic E-state index is 2.31. The zero-order valence-corrected chi connectivity index (χ0v) is 14.9. The van der Waals surface area contributed by atoms with Crippen molar-refractivity contribution in [3.8, 4) is 0 Å². The highest BCUT2D eigenvalue weighted by molar-refractivity contribution is 8.76. The third-order valence-electron chi connectivity index (χ3n) is 3.50. The third kappa shape index (κ3) is 5.85. The van der Waals surface area contributed by atoms with Crippen molar-refractivity contribution in [2.45, 2.75) is 0 Å². The van der Waals surface area contributed by atoms with E-state index in [0.717, 1.165) is 24.6 Å². The molecule has 118 valence electrons. The van der Waals surface area contributed by atoms with Crippen molar-refractivity contribution in [2.75, 3.05) is 48.5 Å². The molecule has 0 aliphatic carbocycles. The molecule has 22 heavy (non-hydrogen) atoms. The molecular formula is C18H24N2S2. The molecule has 0 bridgehead atoms. The SMILES string of the molecule is CN(CCSSCCN(C)c1ccccc1)c1ccccc1. The van der Waals surface area contributed by atoms with Crippen molar-refractivity contribution in [1.29, 1.82) is 0 Å². The molecule has 0 atom stereocenters. The molecule has 0 saturated carbocycles. The second-order valence-electron chi connectivity index (χ2n) is 5.16. The Labute approximate surface area is 142 Å². The minimum absolute atomic E-state index is 1.08. The Morgan fingerprint density at radius 2 is 1.00 bits per heavy atom. The van der Waals surface area contributed by atoms with Crippen LogP contribution < -0.4 is 9.80 Å². The van der Waals surface area contributed by atoms with Crippen molar-refractivity contribution in [2.24, 2.45) is 0 Å². The van der Waals surface area contributed by atoms with Gasteiger partial charge >= 0.3 is 0 Å².